The summed E-state index contributed by atoms with van der Waals surface area (Å²) in [5.41, 5.74) is -0.650. The third-order valence-electron chi connectivity index (χ3n) is 2.79. The number of methoxy groups -OCH3 is 4. The first-order valence-electron chi connectivity index (χ1n) is 6.14. The maximum absolute atomic E-state index is 12.1. The van der Waals surface area contributed by atoms with Gasteiger partial charge in [-0.25, -0.2) is 14.4 Å². The van der Waals surface area contributed by atoms with Gasteiger partial charge in [0.15, 0.2) is 5.57 Å². The van der Waals surface area contributed by atoms with Crippen molar-refractivity contribution in [2.75, 3.05) is 28.4 Å². The predicted octanol–water partition coefficient (Wildman–Crippen LogP) is 0.968. The fourth-order valence-corrected chi connectivity index (χ4v) is 1.79. The zero-order valence-corrected chi connectivity index (χ0v) is 12.7. The molecule has 0 saturated carbocycles. The Hall–Kier alpha value is -2.83. The van der Waals surface area contributed by atoms with Crippen LogP contribution in [0.15, 0.2) is 29.8 Å². The Morgan fingerprint density at radius 1 is 0.773 bits per heavy atom. The van der Waals surface area contributed by atoms with Gasteiger partial charge in [0.25, 0.3) is 0 Å². The largest absolute Gasteiger partial charge is 0.496 e. The van der Waals surface area contributed by atoms with Crippen molar-refractivity contribution in [3.05, 3.63) is 35.4 Å². The smallest absolute Gasteiger partial charge is 0.346 e. The maximum atomic E-state index is 12.1. The van der Waals surface area contributed by atoms with Gasteiger partial charge in [-0.3, -0.25) is 0 Å². The minimum Gasteiger partial charge on any atom is -0.496 e. The Labute approximate surface area is 127 Å². The summed E-state index contributed by atoms with van der Waals surface area (Å²) < 4.78 is 18.9. The van der Waals surface area contributed by atoms with Crippen molar-refractivity contribution in [1.82, 2.24) is 0 Å². The number of para-hydroxylation sites is 1. The molecule has 7 heteroatoms. The highest BCUT2D eigenvalue weighted by Gasteiger charge is 2.32. The number of rotatable bonds is 5. The molecule has 0 N–H and O–H groups in total. The van der Waals surface area contributed by atoms with E-state index in [2.05, 4.69) is 14.2 Å². The Bertz CT molecular complexity index is 598. The molecule has 118 valence electrons. The Morgan fingerprint density at radius 2 is 1.27 bits per heavy atom. The van der Waals surface area contributed by atoms with Crippen LogP contribution in [0.4, 0.5) is 0 Å². The molecule has 0 saturated heterocycles. The first kappa shape index (κ1) is 17.2. The van der Waals surface area contributed by atoms with Gasteiger partial charge in [0.2, 0.25) is 0 Å². The molecule has 0 atom stereocenters. The number of benzene rings is 1. The van der Waals surface area contributed by atoms with E-state index in [1.54, 1.807) is 18.2 Å². The second-order valence-electron chi connectivity index (χ2n) is 3.93. The van der Waals surface area contributed by atoms with Crippen LogP contribution in [-0.2, 0) is 28.6 Å². The third-order valence-corrected chi connectivity index (χ3v) is 2.79. The summed E-state index contributed by atoms with van der Waals surface area (Å²) in [5, 5.41) is 0. The molecular weight excluding hydrogens is 292 g/mol. The molecule has 1 rings (SSSR count). The van der Waals surface area contributed by atoms with E-state index in [0.29, 0.717) is 0 Å². The standard InChI is InChI=1S/C15H16O7/c1-19-10-8-6-5-7-9(10)11(13(16)20-2)12(14(17)21-3)15(18)22-4/h5-8H,1-4H3. The third kappa shape index (κ3) is 3.43. The summed E-state index contributed by atoms with van der Waals surface area (Å²) in [4.78, 5) is 35.9. The summed E-state index contributed by atoms with van der Waals surface area (Å²) in [6.45, 7) is 0. The minimum absolute atomic E-state index is 0.211. The van der Waals surface area contributed by atoms with Gasteiger partial charge < -0.3 is 18.9 Å². The van der Waals surface area contributed by atoms with Crippen molar-refractivity contribution in [3.8, 4) is 5.75 Å². The molecule has 22 heavy (non-hydrogen) atoms. The lowest BCUT2D eigenvalue weighted by molar-refractivity contribution is -0.145. The molecule has 7 nitrogen and oxygen atoms in total. The summed E-state index contributed by atoms with van der Waals surface area (Å²) in [6, 6.07) is 6.38. The Kier molecular flexibility index (Phi) is 6.12. The Balaban J connectivity index is 3.75. The van der Waals surface area contributed by atoms with E-state index in [-0.39, 0.29) is 16.9 Å². The SMILES string of the molecule is COC(=O)C(C(=O)OC)=C(C(=O)OC)c1ccccc1OC. The van der Waals surface area contributed by atoms with Crippen LogP contribution in [0.5, 0.6) is 5.75 Å². The van der Waals surface area contributed by atoms with Crippen molar-refractivity contribution < 1.29 is 33.3 Å². The first-order chi connectivity index (χ1) is 10.5. The predicted molar refractivity (Wildman–Crippen MR) is 76.0 cm³/mol. The molecular formula is C15H16O7. The van der Waals surface area contributed by atoms with Gasteiger partial charge in [-0.1, -0.05) is 18.2 Å². The van der Waals surface area contributed by atoms with Crippen LogP contribution in [0, 0.1) is 0 Å². The van der Waals surface area contributed by atoms with Crippen LogP contribution < -0.4 is 4.74 Å². The van der Waals surface area contributed by atoms with Crippen molar-refractivity contribution in [1.29, 1.82) is 0 Å². The minimum atomic E-state index is -1.02. The molecule has 0 spiro atoms. The number of hydrogen-bond donors (Lipinski definition) is 0. The number of carbonyl (C=O) groups excluding carboxylic acids is 3. The Morgan fingerprint density at radius 3 is 1.73 bits per heavy atom. The van der Waals surface area contributed by atoms with Gasteiger partial charge >= 0.3 is 17.9 Å². The van der Waals surface area contributed by atoms with Crippen molar-refractivity contribution in [3.63, 3.8) is 0 Å². The van der Waals surface area contributed by atoms with E-state index >= 15 is 0 Å². The van der Waals surface area contributed by atoms with Gasteiger partial charge in [-0.05, 0) is 6.07 Å². The summed E-state index contributed by atoms with van der Waals surface area (Å²) in [6.07, 6.45) is 0. The van der Waals surface area contributed by atoms with E-state index in [9.17, 15) is 14.4 Å². The van der Waals surface area contributed by atoms with Crippen LogP contribution in [0.1, 0.15) is 5.56 Å². The fourth-order valence-electron chi connectivity index (χ4n) is 1.79. The summed E-state index contributed by atoms with van der Waals surface area (Å²) in [5.74, 6) is -2.64. The fraction of sp³-hybridized carbons (Fsp3) is 0.267. The monoisotopic (exact) mass is 308 g/mol. The van der Waals surface area contributed by atoms with Gasteiger partial charge in [0.1, 0.15) is 5.75 Å². The average molecular weight is 308 g/mol. The zero-order chi connectivity index (χ0) is 16.7. The summed E-state index contributed by atoms with van der Waals surface area (Å²) in [7, 11) is 4.69. The van der Waals surface area contributed by atoms with Crippen LogP contribution in [0.3, 0.4) is 0 Å². The number of carbonyl (C=O) groups is 3. The van der Waals surface area contributed by atoms with Crippen LogP contribution in [0.25, 0.3) is 5.57 Å². The second-order valence-corrected chi connectivity index (χ2v) is 3.93. The van der Waals surface area contributed by atoms with Crippen molar-refractivity contribution in [2.24, 2.45) is 0 Å². The van der Waals surface area contributed by atoms with Crippen molar-refractivity contribution in [2.45, 2.75) is 0 Å². The molecule has 0 amide bonds. The van der Waals surface area contributed by atoms with Gasteiger partial charge in [-0.2, -0.15) is 0 Å². The quantitative estimate of drug-likeness (QED) is 0.263. The van der Waals surface area contributed by atoms with Crippen LogP contribution in [0.2, 0.25) is 0 Å². The lowest BCUT2D eigenvalue weighted by atomic mass is 9.98. The van der Waals surface area contributed by atoms with E-state index < -0.39 is 23.5 Å². The van der Waals surface area contributed by atoms with Gasteiger partial charge in [0.05, 0.1) is 34.0 Å². The molecule has 0 fully saturated rings. The topological polar surface area (TPSA) is 88.1 Å². The van der Waals surface area contributed by atoms with Crippen molar-refractivity contribution >= 4 is 23.5 Å². The van der Waals surface area contributed by atoms with Gasteiger partial charge in [0, 0.05) is 5.56 Å². The highest BCUT2D eigenvalue weighted by molar-refractivity contribution is 6.32. The van der Waals surface area contributed by atoms with E-state index in [1.165, 1.54) is 13.2 Å². The van der Waals surface area contributed by atoms with Gasteiger partial charge in [-0.15, -0.1) is 0 Å². The molecule has 1 aromatic carbocycles. The van der Waals surface area contributed by atoms with E-state index in [4.69, 9.17) is 4.74 Å². The second kappa shape index (κ2) is 7.82. The highest BCUT2D eigenvalue weighted by atomic mass is 16.5. The molecule has 0 aliphatic heterocycles. The number of esters is 3. The molecule has 0 aliphatic rings. The number of hydrogen-bond acceptors (Lipinski definition) is 7. The molecule has 0 aromatic heterocycles. The van der Waals surface area contributed by atoms with Crippen LogP contribution >= 0.6 is 0 Å². The lowest BCUT2D eigenvalue weighted by Crippen LogP contribution is -2.21. The number of ether oxygens (including phenoxy) is 4. The maximum Gasteiger partial charge on any atom is 0.346 e. The molecule has 1 aromatic rings. The average Bonchev–Trinajstić information content (AvgIpc) is 2.57. The van der Waals surface area contributed by atoms with E-state index in [0.717, 1.165) is 21.3 Å². The molecule has 0 aliphatic carbocycles. The summed E-state index contributed by atoms with van der Waals surface area (Å²) >= 11 is 0. The molecule has 0 bridgehead atoms. The lowest BCUT2D eigenvalue weighted by Gasteiger charge is -2.13. The zero-order valence-electron chi connectivity index (χ0n) is 12.7. The molecule has 0 radical (unpaired) electrons. The molecule has 0 unspecified atom stereocenters. The van der Waals surface area contributed by atoms with E-state index in [1.807, 2.05) is 0 Å². The highest BCUT2D eigenvalue weighted by Crippen LogP contribution is 2.30. The van der Waals surface area contributed by atoms with Crippen LogP contribution in [-0.4, -0.2) is 46.3 Å². The molecule has 0 heterocycles. The first-order valence-corrected chi connectivity index (χ1v) is 6.14. The normalized spacial score (nSPS) is 9.45.